The number of methoxy groups -OCH3 is 1. The third-order valence-corrected chi connectivity index (χ3v) is 4.33. The zero-order valence-electron chi connectivity index (χ0n) is 14.2. The van der Waals surface area contributed by atoms with Gasteiger partial charge in [0.2, 0.25) is 11.9 Å². The number of hydrogen-bond donors (Lipinski definition) is 1. The number of hydrogen-bond acceptors (Lipinski definition) is 6. The van der Waals surface area contributed by atoms with Gasteiger partial charge in [0.15, 0.2) is 0 Å². The fourth-order valence-corrected chi connectivity index (χ4v) is 3.24. The fourth-order valence-electron chi connectivity index (χ4n) is 3.24. The second-order valence-electron chi connectivity index (χ2n) is 6.48. The van der Waals surface area contributed by atoms with Crippen LogP contribution in [0, 0.1) is 0 Å². The highest BCUT2D eigenvalue weighted by Gasteiger charge is 2.35. The first kappa shape index (κ1) is 15.5. The van der Waals surface area contributed by atoms with Crippen LogP contribution in [0.5, 0.6) is 5.75 Å². The van der Waals surface area contributed by atoms with Crippen LogP contribution >= 0.6 is 0 Å². The smallest absolute Gasteiger partial charge is 0.241 e. The van der Waals surface area contributed by atoms with Crippen LogP contribution in [-0.4, -0.2) is 47.0 Å². The van der Waals surface area contributed by atoms with Gasteiger partial charge in [-0.2, -0.15) is 4.98 Å². The molecular weight excluding hydrogens is 292 g/mol. The monoisotopic (exact) mass is 316 g/mol. The van der Waals surface area contributed by atoms with Crippen molar-refractivity contribution in [2.24, 2.45) is 7.05 Å². The molecule has 0 atom stereocenters. The van der Waals surface area contributed by atoms with Crippen molar-refractivity contribution in [2.45, 2.75) is 19.4 Å². The molecule has 0 amide bonds. The third kappa shape index (κ3) is 2.91. The van der Waals surface area contributed by atoms with Crippen molar-refractivity contribution in [3.63, 3.8) is 0 Å². The average molecular weight is 316 g/mol. The summed E-state index contributed by atoms with van der Waals surface area (Å²) in [6.45, 7) is 7.12. The summed E-state index contributed by atoms with van der Waals surface area (Å²) in [5.74, 6) is 2.02. The minimum Gasteiger partial charge on any atom is -0.497 e. The van der Waals surface area contributed by atoms with E-state index < -0.39 is 0 Å². The highest BCUT2D eigenvalue weighted by atomic mass is 16.5. The number of rotatable bonds is 3. The Bertz CT molecular complexity index is 678. The standard InChI is InChI=1S/C16H24N6O/c1-16(2)11-21(15-18-14(17)19-20(15)3)9-10-22(16)12-5-7-13(23-4)8-6-12/h5-8H,9-11H2,1-4H3,(H2,17,19). The third-order valence-electron chi connectivity index (χ3n) is 4.33. The van der Waals surface area contributed by atoms with Crippen LogP contribution < -0.4 is 20.3 Å². The summed E-state index contributed by atoms with van der Waals surface area (Å²) in [4.78, 5) is 9.00. The second-order valence-corrected chi connectivity index (χ2v) is 6.48. The van der Waals surface area contributed by atoms with Crippen molar-refractivity contribution in [1.29, 1.82) is 0 Å². The zero-order valence-corrected chi connectivity index (χ0v) is 14.2. The van der Waals surface area contributed by atoms with Gasteiger partial charge in [0, 0.05) is 32.4 Å². The zero-order chi connectivity index (χ0) is 16.6. The van der Waals surface area contributed by atoms with E-state index in [0.717, 1.165) is 31.3 Å². The summed E-state index contributed by atoms with van der Waals surface area (Å²) in [6, 6.07) is 8.22. The lowest BCUT2D eigenvalue weighted by Crippen LogP contribution is -2.60. The Labute approximate surface area is 136 Å². The summed E-state index contributed by atoms with van der Waals surface area (Å²) in [6.07, 6.45) is 0. The fraction of sp³-hybridized carbons (Fsp3) is 0.500. The molecule has 23 heavy (non-hydrogen) atoms. The molecule has 124 valence electrons. The highest BCUT2D eigenvalue weighted by Crippen LogP contribution is 2.30. The molecule has 1 aliphatic rings. The molecule has 1 aromatic carbocycles. The number of aromatic nitrogens is 3. The quantitative estimate of drug-likeness (QED) is 0.925. The number of anilines is 3. The number of nitrogens with zero attached hydrogens (tertiary/aromatic N) is 5. The summed E-state index contributed by atoms with van der Waals surface area (Å²) in [5.41, 5.74) is 6.88. The van der Waals surface area contributed by atoms with Gasteiger partial charge < -0.3 is 20.3 Å². The largest absolute Gasteiger partial charge is 0.497 e. The first-order valence-corrected chi connectivity index (χ1v) is 7.74. The van der Waals surface area contributed by atoms with Crippen LogP contribution in [0.3, 0.4) is 0 Å². The van der Waals surface area contributed by atoms with Crippen molar-refractivity contribution in [3.05, 3.63) is 24.3 Å². The maximum absolute atomic E-state index is 5.71. The number of benzene rings is 1. The van der Waals surface area contributed by atoms with E-state index in [0.29, 0.717) is 5.95 Å². The van der Waals surface area contributed by atoms with Crippen LogP contribution in [0.25, 0.3) is 0 Å². The molecule has 0 unspecified atom stereocenters. The van der Waals surface area contributed by atoms with Crippen molar-refractivity contribution in [3.8, 4) is 5.75 Å². The van der Waals surface area contributed by atoms with Gasteiger partial charge in [-0.25, -0.2) is 4.68 Å². The normalized spacial score (nSPS) is 17.4. The Morgan fingerprint density at radius 2 is 1.87 bits per heavy atom. The van der Waals surface area contributed by atoms with E-state index in [-0.39, 0.29) is 5.54 Å². The molecule has 0 aliphatic carbocycles. The van der Waals surface area contributed by atoms with E-state index in [4.69, 9.17) is 10.5 Å². The summed E-state index contributed by atoms with van der Waals surface area (Å²) >= 11 is 0. The van der Waals surface area contributed by atoms with E-state index in [1.807, 2.05) is 19.2 Å². The highest BCUT2D eigenvalue weighted by molar-refractivity contribution is 5.53. The van der Waals surface area contributed by atoms with E-state index in [1.54, 1.807) is 11.8 Å². The predicted octanol–water partition coefficient (Wildman–Crippen LogP) is 1.51. The Morgan fingerprint density at radius 3 is 2.39 bits per heavy atom. The Hall–Kier alpha value is -2.44. The molecule has 2 heterocycles. The van der Waals surface area contributed by atoms with Crippen molar-refractivity contribution in [2.75, 3.05) is 42.3 Å². The Kier molecular flexibility index (Phi) is 3.79. The van der Waals surface area contributed by atoms with E-state index in [9.17, 15) is 0 Å². The first-order valence-electron chi connectivity index (χ1n) is 7.74. The molecule has 0 radical (unpaired) electrons. The van der Waals surface area contributed by atoms with Gasteiger partial charge in [0.25, 0.3) is 0 Å². The lowest BCUT2D eigenvalue weighted by Gasteiger charge is -2.48. The van der Waals surface area contributed by atoms with E-state index in [2.05, 4.69) is 45.9 Å². The van der Waals surface area contributed by atoms with Crippen molar-refractivity contribution < 1.29 is 4.74 Å². The summed E-state index contributed by atoms with van der Waals surface area (Å²) < 4.78 is 6.99. The van der Waals surface area contributed by atoms with Gasteiger partial charge in [-0.3, -0.25) is 0 Å². The van der Waals surface area contributed by atoms with Crippen molar-refractivity contribution in [1.82, 2.24) is 14.8 Å². The minimum atomic E-state index is -0.0342. The number of nitrogens with two attached hydrogens (primary N) is 1. The molecular formula is C16H24N6O. The molecule has 3 rings (SSSR count). The maximum Gasteiger partial charge on any atom is 0.241 e. The molecule has 1 fully saturated rings. The van der Waals surface area contributed by atoms with Gasteiger partial charge >= 0.3 is 0 Å². The van der Waals surface area contributed by atoms with Crippen LogP contribution in [0.1, 0.15) is 13.8 Å². The van der Waals surface area contributed by atoms with Crippen LogP contribution in [0.15, 0.2) is 24.3 Å². The molecule has 1 aromatic heterocycles. The maximum atomic E-state index is 5.71. The van der Waals surface area contributed by atoms with Crippen LogP contribution in [0.2, 0.25) is 0 Å². The van der Waals surface area contributed by atoms with Gasteiger partial charge in [-0.15, -0.1) is 5.10 Å². The van der Waals surface area contributed by atoms with E-state index >= 15 is 0 Å². The predicted molar refractivity (Wildman–Crippen MR) is 92.0 cm³/mol. The SMILES string of the molecule is COc1ccc(N2CCN(c3nc(N)nn3C)CC2(C)C)cc1. The molecule has 2 N–H and O–H groups in total. The van der Waals surface area contributed by atoms with Gasteiger partial charge in [0.1, 0.15) is 5.75 Å². The molecule has 0 bridgehead atoms. The lowest BCUT2D eigenvalue weighted by atomic mass is 9.98. The average Bonchev–Trinajstić information content (AvgIpc) is 2.85. The van der Waals surface area contributed by atoms with Gasteiger partial charge in [-0.1, -0.05) is 0 Å². The van der Waals surface area contributed by atoms with Crippen LogP contribution in [0.4, 0.5) is 17.6 Å². The molecule has 1 aliphatic heterocycles. The second kappa shape index (κ2) is 5.64. The molecule has 1 saturated heterocycles. The number of aryl methyl sites for hydroxylation is 1. The molecule has 7 nitrogen and oxygen atoms in total. The van der Waals surface area contributed by atoms with Gasteiger partial charge in [-0.05, 0) is 38.1 Å². The lowest BCUT2D eigenvalue weighted by molar-refractivity contribution is 0.406. The molecule has 2 aromatic rings. The molecule has 0 saturated carbocycles. The summed E-state index contributed by atoms with van der Waals surface area (Å²) in [7, 11) is 3.56. The Balaban J connectivity index is 1.80. The van der Waals surface area contributed by atoms with Crippen molar-refractivity contribution >= 4 is 17.6 Å². The number of nitrogen functional groups attached to an aromatic ring is 1. The summed E-state index contributed by atoms with van der Waals surface area (Å²) in [5, 5.41) is 4.14. The Morgan fingerprint density at radius 1 is 1.17 bits per heavy atom. The van der Waals surface area contributed by atoms with Crippen LogP contribution in [-0.2, 0) is 7.05 Å². The number of piperazine rings is 1. The minimum absolute atomic E-state index is 0.0342. The molecule has 7 heteroatoms. The van der Waals surface area contributed by atoms with E-state index in [1.165, 1.54) is 5.69 Å². The topological polar surface area (TPSA) is 72.4 Å². The van der Waals surface area contributed by atoms with Gasteiger partial charge in [0.05, 0.1) is 12.6 Å². The molecule has 0 spiro atoms. The number of ether oxygens (including phenoxy) is 1. The first-order chi connectivity index (χ1) is 10.9.